The van der Waals surface area contributed by atoms with Crippen LogP contribution in [0.4, 0.5) is 0 Å². The third-order valence-electron chi connectivity index (χ3n) is 15.8. The molecule has 0 saturated carbocycles. The molecule has 6 heteroatoms. The van der Waals surface area contributed by atoms with Crippen LogP contribution in [0.1, 0.15) is 367 Å². The molecule has 0 bridgehead atoms. The van der Waals surface area contributed by atoms with Crippen LogP contribution in [-0.2, 0) is 14.3 Å². The number of amides is 1. The first-order chi connectivity index (χ1) is 38.0. The van der Waals surface area contributed by atoms with Gasteiger partial charge in [0.1, 0.15) is 0 Å². The molecule has 2 atom stereocenters. The van der Waals surface area contributed by atoms with E-state index in [0.29, 0.717) is 19.4 Å². The van der Waals surface area contributed by atoms with Gasteiger partial charge in [0.25, 0.3) is 0 Å². The second-order valence-corrected chi connectivity index (χ2v) is 23.5. The van der Waals surface area contributed by atoms with Gasteiger partial charge in [0, 0.05) is 12.8 Å². The van der Waals surface area contributed by atoms with E-state index in [1.54, 1.807) is 6.08 Å². The third kappa shape index (κ3) is 62.9. The van der Waals surface area contributed by atoms with E-state index in [2.05, 4.69) is 55.6 Å². The average Bonchev–Trinajstić information content (AvgIpc) is 3.43. The largest absolute Gasteiger partial charge is 0.466 e. The van der Waals surface area contributed by atoms with E-state index in [4.69, 9.17) is 4.74 Å². The summed E-state index contributed by atoms with van der Waals surface area (Å²) in [4.78, 5) is 24.6. The molecule has 0 rings (SSSR count). The molecule has 0 heterocycles. The Kier molecular flexibility index (Phi) is 64.5. The van der Waals surface area contributed by atoms with Crippen LogP contribution in [0.15, 0.2) is 48.6 Å². The van der Waals surface area contributed by atoms with Crippen molar-refractivity contribution < 1.29 is 24.5 Å². The van der Waals surface area contributed by atoms with E-state index >= 15 is 0 Å². The molecular formula is C71H133NO5. The van der Waals surface area contributed by atoms with Crippen LogP contribution in [0.25, 0.3) is 0 Å². The number of hydrogen-bond donors (Lipinski definition) is 3. The third-order valence-corrected chi connectivity index (χ3v) is 15.8. The smallest absolute Gasteiger partial charge is 0.305 e. The maximum atomic E-state index is 12.5. The number of nitrogens with one attached hydrogen (secondary N) is 1. The lowest BCUT2D eigenvalue weighted by Crippen LogP contribution is -2.45. The maximum absolute atomic E-state index is 12.5. The van der Waals surface area contributed by atoms with Gasteiger partial charge in [-0.2, -0.15) is 0 Å². The first-order valence-corrected chi connectivity index (χ1v) is 34.4. The van der Waals surface area contributed by atoms with Gasteiger partial charge < -0.3 is 20.3 Å². The van der Waals surface area contributed by atoms with E-state index < -0.39 is 12.1 Å². The molecule has 77 heavy (non-hydrogen) atoms. The summed E-state index contributed by atoms with van der Waals surface area (Å²) in [6.07, 6.45) is 86.0. The highest BCUT2D eigenvalue weighted by atomic mass is 16.5. The molecule has 0 radical (unpaired) electrons. The highest BCUT2D eigenvalue weighted by Gasteiger charge is 2.18. The normalized spacial score (nSPS) is 12.8. The zero-order valence-electron chi connectivity index (χ0n) is 51.7. The summed E-state index contributed by atoms with van der Waals surface area (Å²) >= 11 is 0. The van der Waals surface area contributed by atoms with Crippen molar-refractivity contribution in [2.75, 3.05) is 13.2 Å². The van der Waals surface area contributed by atoms with Gasteiger partial charge in [0.2, 0.25) is 5.91 Å². The van der Waals surface area contributed by atoms with E-state index in [-0.39, 0.29) is 18.5 Å². The van der Waals surface area contributed by atoms with Gasteiger partial charge in [-0.15, -0.1) is 0 Å². The summed E-state index contributed by atoms with van der Waals surface area (Å²) in [5, 5.41) is 23.2. The van der Waals surface area contributed by atoms with Crippen molar-refractivity contribution in [3.8, 4) is 0 Å². The van der Waals surface area contributed by atoms with Crippen LogP contribution < -0.4 is 5.32 Å². The van der Waals surface area contributed by atoms with Crippen LogP contribution in [0.5, 0.6) is 0 Å². The predicted molar refractivity (Wildman–Crippen MR) is 338 cm³/mol. The van der Waals surface area contributed by atoms with E-state index in [9.17, 15) is 19.8 Å². The molecule has 0 aromatic rings. The van der Waals surface area contributed by atoms with Crippen LogP contribution in [-0.4, -0.2) is 47.4 Å². The second-order valence-electron chi connectivity index (χ2n) is 23.5. The molecule has 0 aliphatic rings. The first-order valence-electron chi connectivity index (χ1n) is 34.4. The van der Waals surface area contributed by atoms with Crippen molar-refractivity contribution in [3.05, 3.63) is 48.6 Å². The number of aliphatic hydroxyl groups is 2. The molecule has 0 aliphatic carbocycles. The van der Waals surface area contributed by atoms with Crippen molar-refractivity contribution in [1.29, 1.82) is 0 Å². The lowest BCUT2D eigenvalue weighted by molar-refractivity contribution is -0.143. The zero-order chi connectivity index (χ0) is 55.7. The maximum Gasteiger partial charge on any atom is 0.305 e. The Bertz CT molecular complexity index is 1290. The summed E-state index contributed by atoms with van der Waals surface area (Å²) in [6.45, 7) is 4.90. The van der Waals surface area contributed by atoms with Gasteiger partial charge in [-0.1, -0.05) is 313 Å². The first kappa shape index (κ1) is 74.8. The molecule has 2 unspecified atom stereocenters. The molecule has 0 aromatic heterocycles. The molecule has 452 valence electrons. The number of esters is 1. The summed E-state index contributed by atoms with van der Waals surface area (Å²) in [7, 11) is 0. The topological polar surface area (TPSA) is 95.9 Å². The van der Waals surface area contributed by atoms with Crippen molar-refractivity contribution in [3.63, 3.8) is 0 Å². The summed E-state index contributed by atoms with van der Waals surface area (Å²) in [5.74, 6) is -0.0714. The number of rotatable bonds is 64. The lowest BCUT2D eigenvalue weighted by Gasteiger charge is -2.20. The minimum absolute atomic E-state index is 0.00131. The molecule has 0 aliphatic heterocycles. The highest BCUT2D eigenvalue weighted by Crippen LogP contribution is 2.18. The fourth-order valence-electron chi connectivity index (χ4n) is 10.5. The molecule has 3 N–H and O–H groups in total. The minimum atomic E-state index is -0.849. The summed E-state index contributed by atoms with van der Waals surface area (Å²) < 4.78 is 5.49. The molecular weight excluding hydrogens is 947 g/mol. The Balaban J connectivity index is 3.44. The summed E-state index contributed by atoms with van der Waals surface area (Å²) in [6, 6.07) is -0.633. The average molecular weight is 1080 g/mol. The minimum Gasteiger partial charge on any atom is -0.466 e. The number of ether oxygens (including phenoxy) is 1. The Hall–Kier alpha value is -2.18. The van der Waals surface area contributed by atoms with Gasteiger partial charge in [0.15, 0.2) is 0 Å². The monoisotopic (exact) mass is 1080 g/mol. The van der Waals surface area contributed by atoms with Crippen molar-refractivity contribution >= 4 is 11.9 Å². The van der Waals surface area contributed by atoms with Gasteiger partial charge in [-0.3, -0.25) is 9.59 Å². The number of aliphatic hydroxyl groups excluding tert-OH is 2. The van der Waals surface area contributed by atoms with Crippen molar-refractivity contribution in [2.45, 2.75) is 379 Å². The summed E-state index contributed by atoms with van der Waals surface area (Å²) in [5.41, 5.74) is 0. The van der Waals surface area contributed by atoms with E-state index in [1.165, 1.54) is 289 Å². The predicted octanol–water partition coefficient (Wildman–Crippen LogP) is 22.1. The molecule has 6 nitrogen and oxygen atoms in total. The molecule has 0 aromatic carbocycles. The Morgan fingerprint density at radius 2 is 0.649 bits per heavy atom. The van der Waals surface area contributed by atoms with Crippen LogP contribution >= 0.6 is 0 Å². The second kappa shape index (κ2) is 66.3. The van der Waals surface area contributed by atoms with Gasteiger partial charge in [-0.25, -0.2) is 0 Å². The zero-order valence-corrected chi connectivity index (χ0v) is 51.7. The molecule has 0 fully saturated rings. The van der Waals surface area contributed by atoms with E-state index in [0.717, 1.165) is 51.4 Å². The molecule has 0 spiro atoms. The fourth-order valence-corrected chi connectivity index (χ4v) is 10.5. The number of carbonyl (C=O) groups is 2. The van der Waals surface area contributed by atoms with Gasteiger partial charge in [-0.05, 0) is 89.9 Å². The fraction of sp³-hybridized carbons (Fsp3) is 0.859. The van der Waals surface area contributed by atoms with Crippen molar-refractivity contribution in [2.24, 2.45) is 0 Å². The van der Waals surface area contributed by atoms with Crippen LogP contribution in [0.2, 0.25) is 0 Å². The van der Waals surface area contributed by atoms with Gasteiger partial charge >= 0.3 is 5.97 Å². The number of hydrogen-bond acceptors (Lipinski definition) is 5. The van der Waals surface area contributed by atoms with Crippen LogP contribution in [0.3, 0.4) is 0 Å². The number of unbranched alkanes of at least 4 members (excludes halogenated alkanes) is 47. The lowest BCUT2D eigenvalue weighted by atomic mass is 10.0. The van der Waals surface area contributed by atoms with Gasteiger partial charge in [0.05, 0.1) is 25.4 Å². The number of carbonyl (C=O) groups excluding carboxylic acids is 2. The number of allylic oxidation sites excluding steroid dienone is 7. The van der Waals surface area contributed by atoms with Crippen LogP contribution in [0, 0.1) is 0 Å². The Morgan fingerprint density at radius 3 is 1.01 bits per heavy atom. The SMILES string of the molecule is CCCCCC/C=C\C/C=C\CCCCCCCC(=O)OCCCCCCCCCCCCCC/C=C\CCCCCCCCCCC(=O)NC(CO)C(O)/C=C/CCCCCCCCCCCCCCCCCCCC. The Labute approximate surface area is 480 Å². The molecule has 0 saturated heterocycles. The Morgan fingerprint density at radius 1 is 0.364 bits per heavy atom. The van der Waals surface area contributed by atoms with Crippen molar-refractivity contribution in [1.82, 2.24) is 5.32 Å². The molecule has 1 amide bonds. The quantitative estimate of drug-likeness (QED) is 0.0320. The standard InChI is InChI=1S/C71H133NO5/c1-3-5-7-9-11-13-15-17-19-21-22-29-32-35-39-43-47-51-55-59-63-69(74)68(67-73)72-70(75)64-60-56-52-48-44-40-36-33-30-27-25-23-24-26-28-31-34-38-42-46-50-54-58-62-66-77-71(76)65-61-57-53-49-45-41-37-20-18-16-14-12-10-8-6-4-2/h14,16,20,25,27,37,59,63,68-69,73-74H,3-13,15,17-19,21-24,26,28-36,38-58,60-62,64-67H2,1-2H3,(H,72,75)/b16-14-,27-25-,37-20-,63-59+. The van der Waals surface area contributed by atoms with E-state index in [1.807, 2.05) is 6.08 Å². The highest BCUT2D eigenvalue weighted by molar-refractivity contribution is 5.76.